The number of aromatic nitrogens is 2. The molecule has 2 nitrogen and oxygen atoms in total. The van der Waals surface area contributed by atoms with Gasteiger partial charge in [0.1, 0.15) is 5.82 Å². The van der Waals surface area contributed by atoms with Crippen molar-refractivity contribution in [3.8, 4) is 5.69 Å². The van der Waals surface area contributed by atoms with Gasteiger partial charge in [-0.25, -0.2) is 9.37 Å². The Labute approximate surface area is 154 Å². The predicted molar refractivity (Wildman–Crippen MR) is 97.1 cm³/mol. The molecule has 1 heterocycles. The summed E-state index contributed by atoms with van der Waals surface area (Å²) in [5.41, 5.74) is 2.25. The fourth-order valence-corrected chi connectivity index (χ4v) is 3.10. The Bertz CT molecular complexity index is 903. The van der Waals surface area contributed by atoms with Gasteiger partial charge in [-0.3, -0.25) is 0 Å². The SMILES string of the molecule is CC(C)(c1ccc(Cl)c(Cl)c1)c1cncn1-c1ccc(F)c(Cl)c1. The molecule has 1 aromatic heterocycles. The largest absolute Gasteiger partial charge is 0.302 e. The van der Waals surface area contributed by atoms with Gasteiger partial charge in [0.05, 0.1) is 27.1 Å². The Morgan fingerprint density at radius 3 is 2.38 bits per heavy atom. The Morgan fingerprint density at radius 1 is 0.958 bits per heavy atom. The molecule has 0 saturated heterocycles. The summed E-state index contributed by atoms with van der Waals surface area (Å²) in [4.78, 5) is 4.25. The number of hydrogen-bond donors (Lipinski definition) is 0. The van der Waals surface area contributed by atoms with E-state index in [4.69, 9.17) is 34.8 Å². The number of rotatable bonds is 3. The molecule has 3 rings (SSSR count). The molecule has 0 aliphatic heterocycles. The first-order valence-corrected chi connectivity index (χ1v) is 8.38. The molecule has 24 heavy (non-hydrogen) atoms. The van der Waals surface area contributed by atoms with Crippen LogP contribution in [0.25, 0.3) is 5.69 Å². The molecule has 0 saturated carbocycles. The molecule has 3 aromatic rings. The van der Waals surface area contributed by atoms with Gasteiger partial charge in [0.15, 0.2) is 0 Å². The quantitative estimate of drug-likeness (QED) is 0.519. The van der Waals surface area contributed by atoms with Crippen molar-refractivity contribution in [2.45, 2.75) is 19.3 Å². The first-order valence-electron chi connectivity index (χ1n) is 7.24. The van der Waals surface area contributed by atoms with E-state index in [1.165, 1.54) is 6.07 Å². The van der Waals surface area contributed by atoms with Crippen LogP contribution >= 0.6 is 34.8 Å². The minimum Gasteiger partial charge on any atom is -0.302 e. The first-order chi connectivity index (χ1) is 11.3. The lowest BCUT2D eigenvalue weighted by Gasteiger charge is -2.27. The van der Waals surface area contributed by atoms with Crippen LogP contribution in [0.2, 0.25) is 15.1 Å². The second kappa shape index (κ2) is 6.40. The molecule has 0 radical (unpaired) electrons. The Hall–Kier alpha value is -1.55. The van der Waals surface area contributed by atoms with Crippen LogP contribution in [0.3, 0.4) is 0 Å². The highest BCUT2D eigenvalue weighted by Crippen LogP contribution is 2.36. The number of halogens is 4. The normalized spacial score (nSPS) is 11.8. The summed E-state index contributed by atoms with van der Waals surface area (Å²) in [5.74, 6) is -0.453. The van der Waals surface area contributed by atoms with Crippen molar-refractivity contribution in [3.63, 3.8) is 0 Å². The van der Waals surface area contributed by atoms with Crippen molar-refractivity contribution < 1.29 is 4.39 Å². The average molecular weight is 384 g/mol. The van der Waals surface area contributed by atoms with E-state index in [9.17, 15) is 4.39 Å². The highest BCUT2D eigenvalue weighted by molar-refractivity contribution is 6.42. The lowest BCUT2D eigenvalue weighted by Crippen LogP contribution is -2.22. The van der Waals surface area contributed by atoms with Gasteiger partial charge in [0.25, 0.3) is 0 Å². The maximum atomic E-state index is 13.4. The topological polar surface area (TPSA) is 17.8 Å². The second-order valence-corrected chi connectivity index (χ2v) is 7.22. The Balaban J connectivity index is 2.11. The molecule has 0 spiro atoms. The van der Waals surface area contributed by atoms with E-state index < -0.39 is 11.2 Å². The van der Waals surface area contributed by atoms with E-state index in [2.05, 4.69) is 18.8 Å². The molecule has 0 bridgehead atoms. The van der Waals surface area contributed by atoms with Gasteiger partial charge in [0, 0.05) is 17.3 Å². The minimum absolute atomic E-state index is 0.0690. The molecule has 6 heteroatoms. The third kappa shape index (κ3) is 3.04. The van der Waals surface area contributed by atoms with Crippen LogP contribution in [-0.4, -0.2) is 9.55 Å². The van der Waals surface area contributed by atoms with E-state index >= 15 is 0 Å². The zero-order chi connectivity index (χ0) is 17.5. The van der Waals surface area contributed by atoms with Gasteiger partial charge in [-0.15, -0.1) is 0 Å². The van der Waals surface area contributed by atoms with E-state index in [0.29, 0.717) is 10.0 Å². The number of nitrogens with zero attached hydrogens (tertiary/aromatic N) is 2. The summed E-state index contributed by atoms with van der Waals surface area (Å²) in [6, 6.07) is 10.1. The molecule has 0 unspecified atom stereocenters. The first kappa shape index (κ1) is 17.3. The molecule has 0 N–H and O–H groups in total. The fourth-order valence-electron chi connectivity index (χ4n) is 2.63. The van der Waals surface area contributed by atoms with Gasteiger partial charge in [0.2, 0.25) is 0 Å². The maximum Gasteiger partial charge on any atom is 0.141 e. The van der Waals surface area contributed by atoms with Crippen molar-refractivity contribution >= 4 is 34.8 Å². The van der Waals surface area contributed by atoms with Crippen LogP contribution in [0.1, 0.15) is 25.1 Å². The molecule has 2 aromatic carbocycles. The highest BCUT2D eigenvalue weighted by atomic mass is 35.5. The molecule has 0 aliphatic rings. The third-order valence-corrected chi connectivity index (χ3v) is 5.13. The lowest BCUT2D eigenvalue weighted by atomic mass is 9.81. The molecular weight excluding hydrogens is 370 g/mol. The monoisotopic (exact) mass is 382 g/mol. The van der Waals surface area contributed by atoms with Gasteiger partial charge in [-0.05, 0) is 35.9 Å². The molecule has 0 atom stereocenters. The van der Waals surface area contributed by atoms with Crippen LogP contribution in [0.4, 0.5) is 4.39 Å². The average Bonchev–Trinajstić information content (AvgIpc) is 3.03. The third-order valence-electron chi connectivity index (χ3n) is 4.10. The standard InChI is InChI=1S/C18H14Cl3FN2/c1-18(2,11-3-5-13(19)14(20)7-11)17-9-23-10-24(17)12-4-6-16(22)15(21)8-12/h3-10H,1-2H3. The van der Waals surface area contributed by atoms with Crippen molar-refractivity contribution in [2.24, 2.45) is 0 Å². The number of imidazole rings is 1. The molecule has 0 fully saturated rings. The van der Waals surface area contributed by atoms with Crippen LogP contribution in [0.15, 0.2) is 48.9 Å². The smallest absolute Gasteiger partial charge is 0.141 e. The second-order valence-electron chi connectivity index (χ2n) is 6.00. The van der Waals surface area contributed by atoms with Gasteiger partial charge >= 0.3 is 0 Å². The lowest BCUT2D eigenvalue weighted by molar-refractivity contribution is 0.601. The summed E-state index contributed by atoms with van der Waals surface area (Å²) < 4.78 is 15.3. The van der Waals surface area contributed by atoms with E-state index in [-0.39, 0.29) is 5.02 Å². The zero-order valence-corrected chi connectivity index (χ0v) is 15.3. The van der Waals surface area contributed by atoms with Crippen LogP contribution in [-0.2, 0) is 5.41 Å². The van der Waals surface area contributed by atoms with Gasteiger partial charge in [-0.1, -0.05) is 54.7 Å². The zero-order valence-electron chi connectivity index (χ0n) is 13.0. The van der Waals surface area contributed by atoms with Crippen molar-refractivity contribution in [2.75, 3.05) is 0 Å². The summed E-state index contributed by atoms with van der Waals surface area (Å²) in [6.45, 7) is 4.12. The molecular formula is C18H14Cl3FN2. The van der Waals surface area contributed by atoms with E-state index in [1.807, 2.05) is 16.7 Å². The minimum atomic E-state index is -0.453. The van der Waals surface area contributed by atoms with Gasteiger partial charge in [-0.2, -0.15) is 0 Å². The molecule has 0 amide bonds. The Morgan fingerprint density at radius 2 is 1.71 bits per heavy atom. The van der Waals surface area contributed by atoms with Crippen molar-refractivity contribution in [1.29, 1.82) is 0 Å². The fraction of sp³-hybridized carbons (Fsp3) is 0.167. The maximum absolute atomic E-state index is 13.4. The van der Waals surface area contributed by atoms with E-state index in [1.54, 1.807) is 30.7 Å². The summed E-state index contributed by atoms with van der Waals surface area (Å²) in [6.07, 6.45) is 3.46. The van der Waals surface area contributed by atoms with Crippen LogP contribution in [0.5, 0.6) is 0 Å². The van der Waals surface area contributed by atoms with Crippen molar-refractivity contribution in [3.05, 3.63) is 81.1 Å². The summed E-state index contributed by atoms with van der Waals surface area (Å²) in [7, 11) is 0. The summed E-state index contributed by atoms with van der Waals surface area (Å²) >= 11 is 18.1. The van der Waals surface area contributed by atoms with Crippen molar-refractivity contribution in [1.82, 2.24) is 9.55 Å². The molecule has 124 valence electrons. The predicted octanol–water partition coefficient (Wildman–Crippen LogP) is 6.30. The van der Waals surface area contributed by atoms with Crippen LogP contribution in [0, 0.1) is 5.82 Å². The number of benzene rings is 2. The van der Waals surface area contributed by atoms with E-state index in [0.717, 1.165) is 16.9 Å². The summed E-state index contributed by atoms with van der Waals surface area (Å²) in [5, 5.41) is 1.08. The number of hydrogen-bond acceptors (Lipinski definition) is 1. The molecule has 0 aliphatic carbocycles. The van der Waals surface area contributed by atoms with Crippen LogP contribution < -0.4 is 0 Å². The highest BCUT2D eigenvalue weighted by Gasteiger charge is 2.28. The Kier molecular flexibility index (Phi) is 4.60. The van der Waals surface area contributed by atoms with Gasteiger partial charge < -0.3 is 4.57 Å².